The van der Waals surface area contributed by atoms with Gasteiger partial charge in [-0.15, -0.1) is 0 Å². The van der Waals surface area contributed by atoms with Crippen molar-refractivity contribution in [3.63, 3.8) is 0 Å². The molecule has 0 radical (unpaired) electrons. The van der Waals surface area contributed by atoms with Gasteiger partial charge >= 0.3 is 5.97 Å². The molecule has 0 bridgehead atoms. The van der Waals surface area contributed by atoms with Crippen molar-refractivity contribution in [2.24, 2.45) is 0 Å². The first kappa shape index (κ1) is 15.1. The summed E-state index contributed by atoms with van der Waals surface area (Å²) < 4.78 is 23.6. The molecule has 2 aromatic rings. The Morgan fingerprint density at radius 1 is 1.29 bits per heavy atom. The quantitative estimate of drug-likeness (QED) is 0.913. The summed E-state index contributed by atoms with van der Waals surface area (Å²) in [6, 6.07) is 8.24. The SMILES string of the molecule is COc1ccc(C(=O)O)c(OCc2cc(F)ccc2Cl)c1. The zero-order valence-corrected chi connectivity index (χ0v) is 11.9. The van der Waals surface area contributed by atoms with E-state index in [0.717, 1.165) is 0 Å². The lowest BCUT2D eigenvalue weighted by atomic mass is 10.2. The van der Waals surface area contributed by atoms with E-state index in [1.54, 1.807) is 0 Å². The highest BCUT2D eigenvalue weighted by Crippen LogP contribution is 2.27. The number of ether oxygens (including phenoxy) is 2. The number of carboxylic acids is 1. The van der Waals surface area contributed by atoms with Gasteiger partial charge in [-0.3, -0.25) is 0 Å². The molecule has 0 aliphatic heterocycles. The smallest absolute Gasteiger partial charge is 0.339 e. The summed E-state index contributed by atoms with van der Waals surface area (Å²) in [7, 11) is 1.46. The number of aromatic carboxylic acids is 1. The maximum Gasteiger partial charge on any atom is 0.339 e. The molecule has 0 atom stereocenters. The number of carbonyl (C=O) groups is 1. The fourth-order valence-electron chi connectivity index (χ4n) is 1.74. The van der Waals surface area contributed by atoms with Crippen molar-refractivity contribution in [1.29, 1.82) is 0 Å². The average molecular weight is 311 g/mol. The van der Waals surface area contributed by atoms with Gasteiger partial charge in [0.15, 0.2) is 0 Å². The Labute approximate surface area is 125 Å². The summed E-state index contributed by atoms with van der Waals surface area (Å²) in [5.74, 6) is -0.984. The molecule has 0 unspecified atom stereocenters. The normalized spacial score (nSPS) is 10.2. The van der Waals surface area contributed by atoms with Crippen LogP contribution in [0.25, 0.3) is 0 Å². The predicted octanol–water partition coefficient (Wildman–Crippen LogP) is 3.76. The van der Waals surface area contributed by atoms with Gasteiger partial charge in [0, 0.05) is 16.7 Å². The van der Waals surface area contributed by atoms with Crippen LogP contribution in [0.15, 0.2) is 36.4 Å². The molecule has 0 aromatic heterocycles. The summed E-state index contributed by atoms with van der Waals surface area (Å²) in [6.07, 6.45) is 0. The molecule has 0 heterocycles. The fourth-order valence-corrected chi connectivity index (χ4v) is 1.91. The molecule has 1 N–H and O–H groups in total. The molecule has 6 heteroatoms. The van der Waals surface area contributed by atoms with Crippen molar-refractivity contribution in [2.75, 3.05) is 7.11 Å². The van der Waals surface area contributed by atoms with Crippen LogP contribution in [0.3, 0.4) is 0 Å². The second-order valence-corrected chi connectivity index (χ2v) is 4.60. The van der Waals surface area contributed by atoms with E-state index in [9.17, 15) is 9.18 Å². The summed E-state index contributed by atoms with van der Waals surface area (Å²) in [5, 5.41) is 9.46. The minimum atomic E-state index is -1.13. The number of benzene rings is 2. The first-order valence-electron chi connectivity index (χ1n) is 5.99. The summed E-state index contributed by atoms with van der Waals surface area (Å²) in [4.78, 5) is 11.1. The van der Waals surface area contributed by atoms with Gasteiger partial charge in [0.1, 0.15) is 29.5 Å². The first-order chi connectivity index (χ1) is 10.0. The molecule has 0 saturated heterocycles. The highest BCUT2D eigenvalue weighted by atomic mass is 35.5. The van der Waals surface area contributed by atoms with Crippen LogP contribution in [0.4, 0.5) is 4.39 Å². The van der Waals surface area contributed by atoms with Crippen molar-refractivity contribution < 1.29 is 23.8 Å². The highest BCUT2D eigenvalue weighted by Gasteiger charge is 2.13. The van der Waals surface area contributed by atoms with Gasteiger partial charge in [-0.25, -0.2) is 9.18 Å². The molecule has 0 saturated carbocycles. The third-order valence-electron chi connectivity index (χ3n) is 2.81. The first-order valence-corrected chi connectivity index (χ1v) is 6.37. The van der Waals surface area contributed by atoms with Crippen LogP contribution in [0.1, 0.15) is 15.9 Å². The van der Waals surface area contributed by atoms with E-state index in [4.69, 9.17) is 26.2 Å². The minimum absolute atomic E-state index is 0.0108. The summed E-state index contributed by atoms with van der Waals surface area (Å²) >= 11 is 5.94. The summed E-state index contributed by atoms with van der Waals surface area (Å²) in [5.41, 5.74) is 0.416. The van der Waals surface area contributed by atoms with Gasteiger partial charge in [0.2, 0.25) is 0 Å². The van der Waals surface area contributed by atoms with E-state index < -0.39 is 11.8 Å². The van der Waals surface area contributed by atoms with Crippen LogP contribution in [0.2, 0.25) is 5.02 Å². The molecule has 0 aliphatic carbocycles. The highest BCUT2D eigenvalue weighted by molar-refractivity contribution is 6.31. The van der Waals surface area contributed by atoms with Gasteiger partial charge in [0.05, 0.1) is 7.11 Å². The molecule has 2 aromatic carbocycles. The van der Waals surface area contributed by atoms with E-state index in [2.05, 4.69) is 0 Å². The van der Waals surface area contributed by atoms with Crippen LogP contribution < -0.4 is 9.47 Å². The van der Waals surface area contributed by atoms with E-state index in [1.807, 2.05) is 0 Å². The second kappa shape index (κ2) is 6.45. The number of rotatable bonds is 5. The zero-order valence-electron chi connectivity index (χ0n) is 11.1. The Bertz CT molecular complexity index is 673. The Balaban J connectivity index is 2.26. The standard InChI is InChI=1S/C15H12ClFO4/c1-20-11-3-4-12(15(18)19)14(7-11)21-8-9-6-10(17)2-5-13(9)16/h2-7H,8H2,1H3,(H,18,19). The minimum Gasteiger partial charge on any atom is -0.497 e. The molecular formula is C15H12ClFO4. The van der Waals surface area contributed by atoms with E-state index in [1.165, 1.54) is 43.5 Å². The number of hydrogen-bond acceptors (Lipinski definition) is 3. The molecular weight excluding hydrogens is 299 g/mol. The van der Waals surface area contributed by atoms with Crippen LogP contribution in [0.5, 0.6) is 11.5 Å². The van der Waals surface area contributed by atoms with Crippen molar-refractivity contribution in [1.82, 2.24) is 0 Å². The molecule has 0 aliphatic rings. The molecule has 110 valence electrons. The fraction of sp³-hybridized carbons (Fsp3) is 0.133. The zero-order chi connectivity index (χ0) is 15.4. The monoisotopic (exact) mass is 310 g/mol. The van der Waals surface area contributed by atoms with E-state index >= 15 is 0 Å². The van der Waals surface area contributed by atoms with Gasteiger partial charge in [-0.2, -0.15) is 0 Å². The Morgan fingerprint density at radius 2 is 2.05 bits per heavy atom. The summed E-state index contributed by atoms with van der Waals surface area (Å²) in [6.45, 7) is -0.0515. The van der Waals surface area contributed by atoms with Crippen LogP contribution in [-0.4, -0.2) is 18.2 Å². The Hall–Kier alpha value is -2.27. The Morgan fingerprint density at radius 3 is 2.71 bits per heavy atom. The van der Waals surface area contributed by atoms with Crippen LogP contribution in [-0.2, 0) is 6.61 Å². The number of hydrogen-bond donors (Lipinski definition) is 1. The van der Waals surface area contributed by atoms with Crippen LogP contribution in [0, 0.1) is 5.82 Å². The van der Waals surface area contributed by atoms with Crippen molar-refractivity contribution in [3.05, 3.63) is 58.4 Å². The molecule has 0 amide bonds. The van der Waals surface area contributed by atoms with Gasteiger partial charge < -0.3 is 14.6 Å². The lowest BCUT2D eigenvalue weighted by Gasteiger charge is -2.11. The average Bonchev–Trinajstić information content (AvgIpc) is 2.47. The predicted molar refractivity (Wildman–Crippen MR) is 75.7 cm³/mol. The molecule has 0 spiro atoms. The third-order valence-corrected chi connectivity index (χ3v) is 3.18. The largest absolute Gasteiger partial charge is 0.497 e. The maximum absolute atomic E-state index is 13.2. The van der Waals surface area contributed by atoms with Crippen molar-refractivity contribution >= 4 is 17.6 Å². The van der Waals surface area contributed by atoms with Crippen LogP contribution >= 0.6 is 11.6 Å². The third kappa shape index (κ3) is 3.64. The lowest BCUT2D eigenvalue weighted by molar-refractivity contribution is 0.0691. The topological polar surface area (TPSA) is 55.8 Å². The number of carboxylic acid groups (broad SMARTS) is 1. The maximum atomic E-state index is 13.2. The van der Waals surface area contributed by atoms with Crippen molar-refractivity contribution in [3.8, 4) is 11.5 Å². The molecule has 2 rings (SSSR count). The number of halogens is 2. The van der Waals surface area contributed by atoms with Crippen molar-refractivity contribution in [2.45, 2.75) is 6.61 Å². The molecule has 4 nitrogen and oxygen atoms in total. The molecule has 21 heavy (non-hydrogen) atoms. The van der Waals surface area contributed by atoms with Gasteiger partial charge in [-0.1, -0.05) is 11.6 Å². The lowest BCUT2D eigenvalue weighted by Crippen LogP contribution is -2.04. The second-order valence-electron chi connectivity index (χ2n) is 4.19. The van der Waals surface area contributed by atoms with Gasteiger partial charge in [0.25, 0.3) is 0 Å². The van der Waals surface area contributed by atoms with E-state index in [0.29, 0.717) is 16.3 Å². The Kier molecular flexibility index (Phi) is 4.65. The van der Waals surface area contributed by atoms with Gasteiger partial charge in [-0.05, 0) is 30.3 Å². The van der Waals surface area contributed by atoms with E-state index in [-0.39, 0.29) is 17.9 Å². The number of methoxy groups -OCH3 is 1. The molecule has 0 fully saturated rings.